The highest BCUT2D eigenvalue weighted by Crippen LogP contribution is 2.28. The molecule has 1 aromatic heterocycles. The molecule has 0 saturated heterocycles. The van der Waals surface area contributed by atoms with Crippen molar-refractivity contribution in [2.45, 2.75) is 0 Å². The summed E-state index contributed by atoms with van der Waals surface area (Å²) in [4.78, 5) is 26.0. The molecule has 0 atom stereocenters. The lowest BCUT2D eigenvalue weighted by Gasteiger charge is -2.09. The molecule has 0 radical (unpaired) electrons. The summed E-state index contributed by atoms with van der Waals surface area (Å²) < 4.78 is 41.9. The van der Waals surface area contributed by atoms with Gasteiger partial charge in [0, 0.05) is 12.6 Å². The minimum atomic E-state index is -1.19. The number of rotatable bonds is 3. The van der Waals surface area contributed by atoms with Crippen LogP contribution in [0.15, 0.2) is 24.3 Å². The van der Waals surface area contributed by atoms with Crippen molar-refractivity contribution in [2.75, 3.05) is 7.05 Å². The van der Waals surface area contributed by atoms with Crippen molar-refractivity contribution in [3.05, 3.63) is 53.0 Å². The van der Waals surface area contributed by atoms with Gasteiger partial charge < -0.3 is 11.1 Å². The largest absolute Gasteiger partial charge is 0.364 e. The van der Waals surface area contributed by atoms with E-state index in [1.807, 2.05) is 0 Å². The Kier molecular flexibility index (Phi) is 4.11. The van der Waals surface area contributed by atoms with Gasteiger partial charge >= 0.3 is 0 Å². The van der Waals surface area contributed by atoms with Crippen LogP contribution in [0.25, 0.3) is 11.3 Å². The molecule has 2 aromatic rings. The zero-order chi connectivity index (χ0) is 16.4. The molecule has 0 aliphatic heterocycles. The normalized spacial score (nSPS) is 10.4. The fourth-order valence-electron chi connectivity index (χ4n) is 1.83. The quantitative estimate of drug-likeness (QED) is 0.903. The van der Waals surface area contributed by atoms with Gasteiger partial charge in [0.05, 0.1) is 5.56 Å². The average molecular weight is 309 g/mol. The third-order valence-electron chi connectivity index (χ3n) is 2.87. The molecule has 114 valence electrons. The van der Waals surface area contributed by atoms with Crippen LogP contribution in [0.1, 0.15) is 20.8 Å². The second-order valence-electron chi connectivity index (χ2n) is 4.29. The Morgan fingerprint density at radius 3 is 2.18 bits per heavy atom. The van der Waals surface area contributed by atoms with Crippen LogP contribution in [0.3, 0.4) is 0 Å². The summed E-state index contributed by atoms with van der Waals surface area (Å²) in [7, 11) is 1.30. The minimum absolute atomic E-state index is 0.271. The number of nitrogens with zero attached hydrogens (tertiary/aromatic N) is 1. The Balaban J connectivity index is 2.65. The summed E-state index contributed by atoms with van der Waals surface area (Å²) in [6, 6.07) is 3.31. The predicted octanol–water partition coefficient (Wildman–Crippen LogP) is 1.62. The van der Waals surface area contributed by atoms with Gasteiger partial charge in [0.1, 0.15) is 28.8 Å². The number of pyridine rings is 1. The van der Waals surface area contributed by atoms with E-state index in [1.54, 1.807) is 0 Å². The Bertz CT molecular complexity index is 755. The molecule has 2 amide bonds. The third kappa shape index (κ3) is 2.76. The van der Waals surface area contributed by atoms with E-state index in [9.17, 15) is 22.8 Å². The second-order valence-corrected chi connectivity index (χ2v) is 4.29. The number of primary amides is 1. The van der Waals surface area contributed by atoms with Crippen molar-refractivity contribution in [1.82, 2.24) is 10.3 Å². The van der Waals surface area contributed by atoms with E-state index in [-0.39, 0.29) is 11.3 Å². The van der Waals surface area contributed by atoms with Crippen molar-refractivity contribution >= 4 is 11.8 Å². The number of hydrogen-bond donors (Lipinski definition) is 2. The maximum absolute atomic E-state index is 14.1. The number of benzene rings is 1. The number of nitrogens with one attached hydrogen (secondary N) is 1. The SMILES string of the molecule is CNC(=O)c1cc(F)c(-c2nc(C(N)=O)ccc2F)c(F)c1. The van der Waals surface area contributed by atoms with Gasteiger partial charge in [-0.25, -0.2) is 18.2 Å². The van der Waals surface area contributed by atoms with E-state index in [1.165, 1.54) is 7.05 Å². The molecule has 0 aliphatic carbocycles. The van der Waals surface area contributed by atoms with Crippen LogP contribution in [0.4, 0.5) is 13.2 Å². The number of carbonyl (C=O) groups is 2. The number of aromatic nitrogens is 1. The van der Waals surface area contributed by atoms with E-state index in [0.29, 0.717) is 0 Å². The Hall–Kier alpha value is -2.90. The van der Waals surface area contributed by atoms with Crippen LogP contribution in [0.2, 0.25) is 0 Å². The van der Waals surface area contributed by atoms with Gasteiger partial charge in [0.2, 0.25) is 0 Å². The van der Waals surface area contributed by atoms with E-state index in [2.05, 4.69) is 10.3 Å². The molecule has 0 fully saturated rings. The predicted molar refractivity (Wildman–Crippen MR) is 71.5 cm³/mol. The van der Waals surface area contributed by atoms with Crippen molar-refractivity contribution < 1.29 is 22.8 Å². The van der Waals surface area contributed by atoms with Gasteiger partial charge in [-0.1, -0.05) is 0 Å². The van der Waals surface area contributed by atoms with Gasteiger partial charge in [0.15, 0.2) is 0 Å². The number of hydrogen-bond acceptors (Lipinski definition) is 3. The van der Waals surface area contributed by atoms with Crippen LogP contribution in [-0.2, 0) is 0 Å². The lowest BCUT2D eigenvalue weighted by Crippen LogP contribution is -2.18. The topological polar surface area (TPSA) is 85.1 Å². The van der Waals surface area contributed by atoms with Crippen LogP contribution >= 0.6 is 0 Å². The Morgan fingerprint density at radius 2 is 1.68 bits per heavy atom. The molecule has 0 unspecified atom stereocenters. The summed E-state index contributed by atoms with van der Waals surface area (Å²) >= 11 is 0. The van der Waals surface area contributed by atoms with Gasteiger partial charge in [0.25, 0.3) is 11.8 Å². The summed E-state index contributed by atoms with van der Waals surface area (Å²) in [5.41, 5.74) is 2.91. The smallest absolute Gasteiger partial charge is 0.267 e. The summed E-state index contributed by atoms with van der Waals surface area (Å²) in [6.07, 6.45) is 0. The number of carbonyl (C=O) groups excluding carboxylic acids is 2. The first kappa shape index (κ1) is 15.5. The highest BCUT2D eigenvalue weighted by Gasteiger charge is 2.21. The highest BCUT2D eigenvalue weighted by atomic mass is 19.1. The molecule has 0 saturated carbocycles. The average Bonchev–Trinajstić information content (AvgIpc) is 2.47. The lowest BCUT2D eigenvalue weighted by molar-refractivity contribution is 0.0960. The molecule has 0 bridgehead atoms. The maximum atomic E-state index is 14.1. The molecule has 1 aromatic carbocycles. The minimum Gasteiger partial charge on any atom is -0.364 e. The number of halogens is 3. The van der Waals surface area contributed by atoms with Gasteiger partial charge in [-0.15, -0.1) is 0 Å². The Morgan fingerprint density at radius 1 is 1.09 bits per heavy atom. The van der Waals surface area contributed by atoms with Gasteiger partial charge in [-0.05, 0) is 24.3 Å². The summed E-state index contributed by atoms with van der Waals surface area (Å²) in [6.45, 7) is 0. The van der Waals surface area contributed by atoms with E-state index in [0.717, 1.165) is 24.3 Å². The van der Waals surface area contributed by atoms with E-state index < -0.39 is 40.5 Å². The molecule has 0 spiro atoms. The fourth-order valence-corrected chi connectivity index (χ4v) is 1.83. The molecule has 1 heterocycles. The third-order valence-corrected chi connectivity index (χ3v) is 2.87. The van der Waals surface area contributed by atoms with Crippen molar-refractivity contribution in [3.63, 3.8) is 0 Å². The van der Waals surface area contributed by atoms with E-state index >= 15 is 0 Å². The van der Waals surface area contributed by atoms with Crippen LogP contribution in [-0.4, -0.2) is 23.8 Å². The zero-order valence-corrected chi connectivity index (χ0v) is 11.3. The first-order chi connectivity index (χ1) is 10.3. The van der Waals surface area contributed by atoms with Crippen molar-refractivity contribution in [2.24, 2.45) is 5.73 Å². The molecule has 5 nitrogen and oxygen atoms in total. The second kappa shape index (κ2) is 5.84. The molecule has 3 N–H and O–H groups in total. The number of amides is 2. The molecule has 2 rings (SSSR count). The highest BCUT2D eigenvalue weighted by molar-refractivity contribution is 5.94. The molecule has 0 aliphatic rings. The first-order valence-corrected chi connectivity index (χ1v) is 6.03. The first-order valence-electron chi connectivity index (χ1n) is 6.03. The van der Waals surface area contributed by atoms with Crippen molar-refractivity contribution in [1.29, 1.82) is 0 Å². The monoisotopic (exact) mass is 309 g/mol. The van der Waals surface area contributed by atoms with E-state index in [4.69, 9.17) is 5.73 Å². The summed E-state index contributed by atoms with van der Waals surface area (Å²) in [5, 5.41) is 2.21. The summed E-state index contributed by atoms with van der Waals surface area (Å²) in [5.74, 6) is -5.08. The molecule has 22 heavy (non-hydrogen) atoms. The van der Waals surface area contributed by atoms with Gasteiger partial charge in [-0.3, -0.25) is 9.59 Å². The molecular formula is C14H10F3N3O2. The standard InChI is InChI=1S/C14H10F3N3O2/c1-19-14(22)6-4-8(16)11(9(17)5-6)12-7(15)2-3-10(20-12)13(18)21/h2-5H,1H3,(H2,18,21)(H,19,22). The maximum Gasteiger partial charge on any atom is 0.267 e. The number of nitrogens with two attached hydrogens (primary N) is 1. The van der Waals surface area contributed by atoms with Crippen LogP contribution in [0.5, 0.6) is 0 Å². The Labute approximate surface area is 123 Å². The van der Waals surface area contributed by atoms with Crippen molar-refractivity contribution in [3.8, 4) is 11.3 Å². The molecular weight excluding hydrogens is 299 g/mol. The fraction of sp³-hybridized carbons (Fsp3) is 0.0714. The molecule has 8 heteroatoms. The lowest BCUT2D eigenvalue weighted by atomic mass is 10.1. The van der Waals surface area contributed by atoms with Gasteiger partial charge in [-0.2, -0.15) is 0 Å². The van der Waals surface area contributed by atoms with Crippen LogP contribution in [0, 0.1) is 17.5 Å². The van der Waals surface area contributed by atoms with Crippen LogP contribution < -0.4 is 11.1 Å². The zero-order valence-electron chi connectivity index (χ0n) is 11.3.